The molecule has 1 aromatic heterocycles. The van der Waals surface area contributed by atoms with Crippen molar-refractivity contribution in [2.75, 3.05) is 18.1 Å². The van der Waals surface area contributed by atoms with Gasteiger partial charge in [-0.05, 0) is 31.5 Å². The molecule has 0 saturated heterocycles. The average Bonchev–Trinajstić information content (AvgIpc) is 3.15. The number of aryl methyl sites for hydroxylation is 1. The molecule has 7 nitrogen and oxygen atoms in total. The maximum absolute atomic E-state index is 12.5. The summed E-state index contributed by atoms with van der Waals surface area (Å²) < 4.78 is 2.00. The number of carbonyl (C=O) groups is 2. The summed E-state index contributed by atoms with van der Waals surface area (Å²) in [6.45, 7) is 4.75. The summed E-state index contributed by atoms with van der Waals surface area (Å²) >= 11 is 1.32. The second-order valence-electron chi connectivity index (χ2n) is 6.33. The molecular weight excluding hydrogens is 386 g/mol. The van der Waals surface area contributed by atoms with Gasteiger partial charge in [0.1, 0.15) is 0 Å². The van der Waals surface area contributed by atoms with Crippen molar-refractivity contribution in [2.24, 2.45) is 0 Å². The third kappa shape index (κ3) is 4.65. The Morgan fingerprint density at radius 2 is 1.79 bits per heavy atom. The smallest absolute Gasteiger partial charge is 0.253 e. The number of amides is 2. The molecule has 150 valence electrons. The van der Waals surface area contributed by atoms with Gasteiger partial charge >= 0.3 is 0 Å². The number of rotatable bonds is 7. The van der Waals surface area contributed by atoms with Crippen LogP contribution in [0.4, 0.5) is 5.69 Å². The fraction of sp³-hybridized carbons (Fsp3) is 0.238. The zero-order valence-electron chi connectivity index (χ0n) is 16.6. The standard InChI is InChI=1S/C21H23N5O2S/c1-4-26-19(15-10-6-5-9-14(15)2)24-25-21(26)29-13-18(27)23-17-12-8-7-11-16(17)20(28)22-3/h5-12H,4,13H2,1-3H3,(H,22,28)(H,23,27). The number of nitrogens with one attached hydrogen (secondary N) is 2. The van der Waals surface area contributed by atoms with Crippen molar-refractivity contribution in [3.05, 3.63) is 59.7 Å². The third-order valence-corrected chi connectivity index (χ3v) is 5.39. The Morgan fingerprint density at radius 1 is 1.07 bits per heavy atom. The van der Waals surface area contributed by atoms with Crippen LogP contribution < -0.4 is 10.6 Å². The first-order valence-corrected chi connectivity index (χ1v) is 10.3. The predicted molar refractivity (Wildman–Crippen MR) is 115 cm³/mol. The van der Waals surface area contributed by atoms with Crippen molar-refractivity contribution >= 4 is 29.3 Å². The highest BCUT2D eigenvalue weighted by atomic mass is 32.2. The first-order chi connectivity index (χ1) is 14.0. The first kappa shape index (κ1) is 20.6. The third-order valence-electron chi connectivity index (χ3n) is 4.42. The van der Waals surface area contributed by atoms with Gasteiger partial charge in [-0.15, -0.1) is 10.2 Å². The van der Waals surface area contributed by atoms with Crippen LogP contribution in [0.15, 0.2) is 53.7 Å². The molecule has 0 spiro atoms. The van der Waals surface area contributed by atoms with Gasteiger partial charge in [0.2, 0.25) is 5.91 Å². The molecule has 0 saturated carbocycles. The summed E-state index contributed by atoms with van der Waals surface area (Å²) in [5, 5.41) is 14.7. The summed E-state index contributed by atoms with van der Waals surface area (Å²) in [5.41, 5.74) is 3.05. The SMILES string of the molecule is CCn1c(SCC(=O)Nc2ccccc2C(=O)NC)nnc1-c1ccccc1C. The van der Waals surface area contributed by atoms with Gasteiger partial charge in [-0.25, -0.2) is 0 Å². The van der Waals surface area contributed by atoms with E-state index in [0.717, 1.165) is 17.0 Å². The summed E-state index contributed by atoms with van der Waals surface area (Å²) in [5.74, 6) is 0.489. The molecule has 3 aromatic rings. The number of carbonyl (C=O) groups excluding carboxylic acids is 2. The van der Waals surface area contributed by atoms with Gasteiger partial charge in [-0.3, -0.25) is 9.59 Å². The fourth-order valence-corrected chi connectivity index (χ4v) is 3.75. The van der Waals surface area contributed by atoms with E-state index in [1.54, 1.807) is 31.3 Å². The monoisotopic (exact) mass is 409 g/mol. The Bertz CT molecular complexity index is 1030. The van der Waals surface area contributed by atoms with Crippen LogP contribution in [0.1, 0.15) is 22.8 Å². The van der Waals surface area contributed by atoms with Crippen LogP contribution in [-0.4, -0.2) is 39.4 Å². The molecule has 2 aromatic carbocycles. The van der Waals surface area contributed by atoms with Gasteiger partial charge in [0, 0.05) is 19.2 Å². The lowest BCUT2D eigenvalue weighted by atomic mass is 10.1. The molecule has 2 amide bonds. The van der Waals surface area contributed by atoms with E-state index in [1.165, 1.54) is 11.8 Å². The van der Waals surface area contributed by atoms with Gasteiger partial charge in [0.05, 0.1) is 17.0 Å². The molecule has 1 heterocycles. The van der Waals surface area contributed by atoms with Crippen molar-refractivity contribution in [1.29, 1.82) is 0 Å². The Morgan fingerprint density at radius 3 is 2.52 bits per heavy atom. The second-order valence-corrected chi connectivity index (χ2v) is 7.27. The minimum atomic E-state index is -0.248. The molecule has 2 N–H and O–H groups in total. The number of aromatic nitrogens is 3. The number of hydrogen-bond donors (Lipinski definition) is 2. The zero-order chi connectivity index (χ0) is 20.8. The molecule has 0 atom stereocenters. The number of thioether (sulfide) groups is 1. The molecule has 8 heteroatoms. The molecule has 29 heavy (non-hydrogen) atoms. The Hall–Kier alpha value is -3.13. The van der Waals surface area contributed by atoms with E-state index in [-0.39, 0.29) is 17.6 Å². The molecule has 0 radical (unpaired) electrons. The quantitative estimate of drug-likeness (QED) is 0.584. The Kier molecular flexibility index (Phi) is 6.66. The van der Waals surface area contributed by atoms with E-state index in [4.69, 9.17) is 0 Å². The molecule has 3 rings (SSSR count). The van der Waals surface area contributed by atoms with Crippen LogP contribution in [0.25, 0.3) is 11.4 Å². The van der Waals surface area contributed by atoms with Gasteiger partial charge in [0.15, 0.2) is 11.0 Å². The molecule has 0 bridgehead atoms. The van der Waals surface area contributed by atoms with E-state index in [1.807, 2.05) is 42.7 Å². The summed E-state index contributed by atoms with van der Waals surface area (Å²) in [6, 6.07) is 14.9. The van der Waals surface area contributed by atoms with Crippen LogP contribution in [-0.2, 0) is 11.3 Å². The molecular formula is C21H23N5O2S. The number of hydrogen-bond acceptors (Lipinski definition) is 5. The van der Waals surface area contributed by atoms with Gasteiger partial charge in [-0.2, -0.15) is 0 Å². The van der Waals surface area contributed by atoms with Crippen LogP contribution >= 0.6 is 11.8 Å². The van der Waals surface area contributed by atoms with Gasteiger partial charge < -0.3 is 15.2 Å². The number of anilines is 1. The van der Waals surface area contributed by atoms with Crippen molar-refractivity contribution in [2.45, 2.75) is 25.5 Å². The van der Waals surface area contributed by atoms with E-state index in [9.17, 15) is 9.59 Å². The van der Waals surface area contributed by atoms with Crippen LogP contribution in [0.2, 0.25) is 0 Å². The maximum atomic E-state index is 12.5. The highest BCUT2D eigenvalue weighted by Gasteiger charge is 2.17. The minimum absolute atomic E-state index is 0.161. The van der Waals surface area contributed by atoms with E-state index in [0.29, 0.717) is 23.0 Å². The van der Waals surface area contributed by atoms with Crippen molar-refractivity contribution < 1.29 is 9.59 Å². The number of nitrogens with zero attached hydrogens (tertiary/aromatic N) is 3. The number of para-hydroxylation sites is 1. The zero-order valence-corrected chi connectivity index (χ0v) is 17.4. The van der Waals surface area contributed by atoms with Crippen LogP contribution in [0.3, 0.4) is 0 Å². The highest BCUT2D eigenvalue weighted by molar-refractivity contribution is 7.99. The molecule has 0 aliphatic carbocycles. The first-order valence-electron chi connectivity index (χ1n) is 9.28. The normalized spacial score (nSPS) is 10.6. The summed E-state index contributed by atoms with van der Waals surface area (Å²) in [6.07, 6.45) is 0. The lowest BCUT2D eigenvalue weighted by molar-refractivity contribution is -0.113. The van der Waals surface area contributed by atoms with Gasteiger partial charge in [-0.1, -0.05) is 48.2 Å². The Balaban J connectivity index is 1.72. The largest absolute Gasteiger partial charge is 0.355 e. The van der Waals surface area contributed by atoms with Crippen LogP contribution in [0, 0.1) is 6.92 Å². The lowest BCUT2D eigenvalue weighted by Gasteiger charge is -2.11. The topological polar surface area (TPSA) is 88.9 Å². The minimum Gasteiger partial charge on any atom is -0.355 e. The number of benzene rings is 2. The molecule has 0 fully saturated rings. The van der Waals surface area contributed by atoms with Crippen molar-refractivity contribution in [1.82, 2.24) is 20.1 Å². The highest BCUT2D eigenvalue weighted by Crippen LogP contribution is 2.26. The fourth-order valence-electron chi connectivity index (χ4n) is 2.94. The molecule has 0 aliphatic heterocycles. The van der Waals surface area contributed by atoms with Crippen molar-refractivity contribution in [3.63, 3.8) is 0 Å². The predicted octanol–water partition coefficient (Wildman–Crippen LogP) is 3.36. The molecule has 0 unspecified atom stereocenters. The van der Waals surface area contributed by atoms with Crippen molar-refractivity contribution in [3.8, 4) is 11.4 Å². The lowest BCUT2D eigenvalue weighted by Crippen LogP contribution is -2.22. The summed E-state index contributed by atoms with van der Waals surface area (Å²) in [4.78, 5) is 24.4. The molecule has 0 aliphatic rings. The summed E-state index contributed by atoms with van der Waals surface area (Å²) in [7, 11) is 1.56. The maximum Gasteiger partial charge on any atom is 0.253 e. The van der Waals surface area contributed by atoms with E-state index < -0.39 is 0 Å². The average molecular weight is 410 g/mol. The van der Waals surface area contributed by atoms with Crippen LogP contribution in [0.5, 0.6) is 0 Å². The van der Waals surface area contributed by atoms with E-state index in [2.05, 4.69) is 20.8 Å². The van der Waals surface area contributed by atoms with Gasteiger partial charge in [0.25, 0.3) is 5.91 Å². The van der Waals surface area contributed by atoms with E-state index >= 15 is 0 Å². The second kappa shape index (κ2) is 9.38. The Labute approximate surface area is 173 Å².